The van der Waals surface area contributed by atoms with Gasteiger partial charge in [0.2, 0.25) is 0 Å². The van der Waals surface area contributed by atoms with E-state index in [1.165, 1.54) is 22.0 Å². The van der Waals surface area contributed by atoms with E-state index in [9.17, 15) is 0 Å². The summed E-state index contributed by atoms with van der Waals surface area (Å²) in [6, 6.07) is 6.53. The Labute approximate surface area is 105 Å². The molecule has 1 saturated carbocycles. The molecular formula is C13H17IO. The van der Waals surface area contributed by atoms with Crippen molar-refractivity contribution in [1.82, 2.24) is 0 Å². The lowest BCUT2D eigenvalue weighted by Crippen LogP contribution is -2.11. The summed E-state index contributed by atoms with van der Waals surface area (Å²) >= 11 is 2.36. The Bertz CT molecular complexity index is 361. The van der Waals surface area contributed by atoms with Gasteiger partial charge < -0.3 is 4.74 Å². The van der Waals surface area contributed by atoms with Crippen LogP contribution in [-0.4, -0.2) is 6.10 Å². The molecule has 1 aromatic rings. The molecule has 0 radical (unpaired) electrons. The summed E-state index contributed by atoms with van der Waals surface area (Å²) in [5.41, 5.74) is 1.59. The summed E-state index contributed by atoms with van der Waals surface area (Å²) in [6.45, 7) is 6.71. The maximum Gasteiger partial charge on any atom is 0.133 e. The minimum absolute atomic E-state index is 0.220. The molecule has 82 valence electrons. The van der Waals surface area contributed by atoms with Crippen molar-refractivity contribution in [3.8, 4) is 5.75 Å². The molecule has 0 N–H and O–H groups in total. The second kappa shape index (κ2) is 3.96. The van der Waals surface area contributed by atoms with E-state index < -0.39 is 0 Å². The van der Waals surface area contributed by atoms with Crippen molar-refractivity contribution in [2.24, 2.45) is 0 Å². The molecule has 1 fully saturated rings. The Morgan fingerprint density at radius 3 is 2.40 bits per heavy atom. The minimum Gasteiger partial charge on any atom is -0.489 e. The van der Waals surface area contributed by atoms with Crippen molar-refractivity contribution in [3.05, 3.63) is 27.3 Å². The highest BCUT2D eigenvalue weighted by Crippen LogP contribution is 2.33. The molecule has 0 atom stereocenters. The van der Waals surface area contributed by atoms with E-state index in [0.29, 0.717) is 6.10 Å². The molecule has 1 nitrogen and oxygen atoms in total. The van der Waals surface area contributed by atoms with Crippen LogP contribution in [0, 0.1) is 3.57 Å². The van der Waals surface area contributed by atoms with Crippen LogP contribution in [0.1, 0.15) is 39.2 Å². The molecule has 1 aliphatic rings. The van der Waals surface area contributed by atoms with Gasteiger partial charge in [-0.25, -0.2) is 0 Å². The van der Waals surface area contributed by atoms with Gasteiger partial charge in [0.05, 0.1) is 9.67 Å². The molecule has 0 amide bonds. The highest BCUT2D eigenvalue weighted by atomic mass is 127. The van der Waals surface area contributed by atoms with E-state index in [4.69, 9.17) is 4.74 Å². The van der Waals surface area contributed by atoms with Crippen molar-refractivity contribution in [1.29, 1.82) is 0 Å². The molecule has 0 unspecified atom stereocenters. The standard InChI is InChI=1S/C13H17IO/c1-13(2,3)9-4-7-12(11(14)8-9)15-10-5-6-10/h4,7-8,10H,5-6H2,1-3H3. The first kappa shape index (κ1) is 11.2. The molecular weight excluding hydrogens is 299 g/mol. The van der Waals surface area contributed by atoms with Crippen LogP contribution in [0.2, 0.25) is 0 Å². The first-order valence-corrected chi connectivity index (χ1v) is 6.51. The minimum atomic E-state index is 0.220. The van der Waals surface area contributed by atoms with Crippen LogP contribution in [-0.2, 0) is 5.41 Å². The maximum atomic E-state index is 5.82. The average Bonchev–Trinajstić information content (AvgIpc) is 2.90. The second-order valence-electron chi connectivity index (χ2n) is 5.21. The number of benzene rings is 1. The van der Waals surface area contributed by atoms with Gasteiger partial charge in [0, 0.05) is 0 Å². The molecule has 0 spiro atoms. The second-order valence-corrected chi connectivity index (χ2v) is 6.37. The normalized spacial score (nSPS) is 16.5. The van der Waals surface area contributed by atoms with Gasteiger partial charge in [0.15, 0.2) is 0 Å². The molecule has 0 saturated heterocycles. The van der Waals surface area contributed by atoms with Crippen molar-refractivity contribution < 1.29 is 4.74 Å². The summed E-state index contributed by atoms with van der Waals surface area (Å²) in [7, 11) is 0. The SMILES string of the molecule is CC(C)(C)c1ccc(OC2CC2)c(I)c1. The van der Waals surface area contributed by atoms with Gasteiger partial charge >= 0.3 is 0 Å². The predicted octanol–water partition coefficient (Wildman–Crippen LogP) is 4.13. The molecule has 0 aliphatic heterocycles. The van der Waals surface area contributed by atoms with Gasteiger partial charge in [0.1, 0.15) is 5.75 Å². The molecule has 1 aliphatic carbocycles. The van der Waals surface area contributed by atoms with E-state index in [2.05, 4.69) is 61.6 Å². The van der Waals surface area contributed by atoms with Crippen LogP contribution in [0.4, 0.5) is 0 Å². The molecule has 0 aromatic heterocycles. The highest BCUT2D eigenvalue weighted by molar-refractivity contribution is 14.1. The first-order valence-electron chi connectivity index (χ1n) is 5.43. The molecule has 2 rings (SSSR count). The van der Waals surface area contributed by atoms with E-state index in [0.717, 1.165) is 5.75 Å². The van der Waals surface area contributed by atoms with Gasteiger partial charge in [-0.15, -0.1) is 0 Å². The van der Waals surface area contributed by atoms with Gasteiger partial charge in [-0.05, 0) is 58.5 Å². The monoisotopic (exact) mass is 316 g/mol. The number of halogens is 1. The van der Waals surface area contributed by atoms with Crippen LogP contribution in [0.3, 0.4) is 0 Å². The summed E-state index contributed by atoms with van der Waals surface area (Å²) < 4.78 is 7.04. The third-order valence-corrected chi connectivity index (χ3v) is 3.46. The van der Waals surface area contributed by atoms with Gasteiger partial charge in [0.25, 0.3) is 0 Å². The summed E-state index contributed by atoms with van der Waals surface area (Å²) in [6.07, 6.45) is 2.92. The van der Waals surface area contributed by atoms with Gasteiger partial charge in [-0.1, -0.05) is 26.8 Å². The van der Waals surface area contributed by atoms with Crippen LogP contribution in [0.15, 0.2) is 18.2 Å². The first-order chi connectivity index (χ1) is 6.97. The Kier molecular flexibility index (Phi) is 2.97. The van der Waals surface area contributed by atoms with Crippen LogP contribution < -0.4 is 4.74 Å². The lowest BCUT2D eigenvalue weighted by molar-refractivity contribution is 0.301. The smallest absolute Gasteiger partial charge is 0.133 e. The number of hydrogen-bond donors (Lipinski definition) is 0. The van der Waals surface area contributed by atoms with Gasteiger partial charge in [-0.3, -0.25) is 0 Å². The fourth-order valence-electron chi connectivity index (χ4n) is 1.43. The van der Waals surface area contributed by atoms with E-state index >= 15 is 0 Å². The third kappa shape index (κ3) is 2.86. The van der Waals surface area contributed by atoms with Crippen molar-refractivity contribution in [2.45, 2.75) is 45.1 Å². The van der Waals surface area contributed by atoms with Gasteiger partial charge in [-0.2, -0.15) is 0 Å². The topological polar surface area (TPSA) is 9.23 Å². The molecule has 2 heteroatoms. The fraction of sp³-hybridized carbons (Fsp3) is 0.538. The largest absolute Gasteiger partial charge is 0.489 e. The average molecular weight is 316 g/mol. The van der Waals surface area contributed by atoms with Crippen molar-refractivity contribution in [3.63, 3.8) is 0 Å². The van der Waals surface area contributed by atoms with E-state index in [-0.39, 0.29) is 5.41 Å². The lowest BCUT2D eigenvalue weighted by Gasteiger charge is -2.20. The van der Waals surface area contributed by atoms with E-state index in [1.54, 1.807) is 0 Å². The fourth-order valence-corrected chi connectivity index (χ4v) is 2.07. The Balaban J connectivity index is 2.21. The zero-order valence-electron chi connectivity index (χ0n) is 9.51. The zero-order valence-corrected chi connectivity index (χ0v) is 11.7. The number of ether oxygens (including phenoxy) is 1. The number of hydrogen-bond acceptors (Lipinski definition) is 1. The van der Waals surface area contributed by atoms with Crippen LogP contribution >= 0.6 is 22.6 Å². The Morgan fingerprint density at radius 2 is 1.93 bits per heavy atom. The molecule has 15 heavy (non-hydrogen) atoms. The quantitative estimate of drug-likeness (QED) is 0.746. The Morgan fingerprint density at radius 1 is 1.27 bits per heavy atom. The molecule has 1 aromatic carbocycles. The molecule has 0 heterocycles. The van der Waals surface area contributed by atoms with Crippen LogP contribution in [0.25, 0.3) is 0 Å². The summed E-state index contributed by atoms with van der Waals surface area (Å²) in [4.78, 5) is 0. The van der Waals surface area contributed by atoms with E-state index in [1.807, 2.05) is 0 Å². The number of rotatable bonds is 2. The maximum absolute atomic E-state index is 5.82. The third-order valence-electron chi connectivity index (χ3n) is 2.62. The highest BCUT2D eigenvalue weighted by Gasteiger charge is 2.24. The summed E-state index contributed by atoms with van der Waals surface area (Å²) in [5.74, 6) is 1.05. The Hall–Kier alpha value is -0.250. The predicted molar refractivity (Wildman–Crippen MR) is 71.5 cm³/mol. The van der Waals surface area contributed by atoms with Crippen molar-refractivity contribution in [2.75, 3.05) is 0 Å². The summed E-state index contributed by atoms with van der Waals surface area (Å²) in [5, 5.41) is 0. The molecule has 0 bridgehead atoms. The lowest BCUT2D eigenvalue weighted by atomic mass is 9.87. The van der Waals surface area contributed by atoms with Crippen LogP contribution in [0.5, 0.6) is 5.75 Å². The van der Waals surface area contributed by atoms with Crippen molar-refractivity contribution >= 4 is 22.6 Å². The zero-order chi connectivity index (χ0) is 11.1.